The molecule has 0 aromatic heterocycles. The first-order valence-corrected chi connectivity index (χ1v) is 6.28. The van der Waals surface area contributed by atoms with Gasteiger partial charge in [0.2, 0.25) is 0 Å². The number of aryl methyl sites for hydroxylation is 1. The molecule has 0 spiro atoms. The number of nitrogens with one attached hydrogen (secondary N) is 1. The van der Waals surface area contributed by atoms with Gasteiger partial charge in [-0.3, -0.25) is 0 Å². The number of hydrogen-bond donors (Lipinski definition) is 2. The van der Waals surface area contributed by atoms with E-state index in [-0.39, 0.29) is 29.8 Å². The molecule has 3 N–H and O–H groups in total. The van der Waals surface area contributed by atoms with Gasteiger partial charge in [0.15, 0.2) is 5.96 Å². The molecule has 0 aliphatic carbocycles. The fourth-order valence-electron chi connectivity index (χ4n) is 1.46. The number of nitrogens with two attached hydrogens (primary N) is 1. The first-order chi connectivity index (χ1) is 8.49. The van der Waals surface area contributed by atoms with Gasteiger partial charge >= 0.3 is 0 Å². The summed E-state index contributed by atoms with van der Waals surface area (Å²) in [5.41, 5.74) is 7.19. The Kier molecular flexibility index (Phi) is 8.71. The van der Waals surface area contributed by atoms with Crippen LogP contribution in [0.5, 0.6) is 0 Å². The van der Waals surface area contributed by atoms with Crippen LogP contribution < -0.4 is 11.1 Å². The lowest BCUT2D eigenvalue weighted by Gasteiger charge is -2.07. The van der Waals surface area contributed by atoms with E-state index in [9.17, 15) is 4.39 Å². The molecule has 0 aliphatic heterocycles. The van der Waals surface area contributed by atoms with E-state index in [0.717, 1.165) is 18.5 Å². The third kappa shape index (κ3) is 7.34. The maximum atomic E-state index is 13.3. The first-order valence-electron chi connectivity index (χ1n) is 6.28. The highest BCUT2D eigenvalue weighted by Crippen LogP contribution is 2.09. The molecular formula is C14H23FIN3. The van der Waals surface area contributed by atoms with Crippen LogP contribution in [0.15, 0.2) is 23.2 Å². The molecular weight excluding hydrogens is 356 g/mol. The molecule has 0 aliphatic rings. The number of rotatable bonds is 5. The summed E-state index contributed by atoms with van der Waals surface area (Å²) in [4.78, 5) is 4.18. The third-order valence-electron chi connectivity index (χ3n) is 2.70. The Bertz CT molecular complexity index is 419. The van der Waals surface area contributed by atoms with Crippen molar-refractivity contribution in [1.82, 2.24) is 5.32 Å². The van der Waals surface area contributed by atoms with E-state index in [2.05, 4.69) is 24.2 Å². The molecule has 0 heterocycles. The zero-order valence-corrected chi connectivity index (χ0v) is 14.1. The summed E-state index contributed by atoms with van der Waals surface area (Å²) in [7, 11) is 0. The maximum absolute atomic E-state index is 13.3. The van der Waals surface area contributed by atoms with Crippen LogP contribution in [-0.4, -0.2) is 12.5 Å². The Balaban J connectivity index is 0.00000324. The van der Waals surface area contributed by atoms with E-state index in [1.54, 1.807) is 13.0 Å². The molecule has 0 unspecified atom stereocenters. The highest BCUT2D eigenvalue weighted by molar-refractivity contribution is 14.0. The van der Waals surface area contributed by atoms with Gasteiger partial charge < -0.3 is 11.1 Å². The molecule has 1 aromatic carbocycles. The largest absolute Gasteiger partial charge is 0.370 e. The molecule has 1 aromatic rings. The van der Waals surface area contributed by atoms with Gasteiger partial charge in [-0.2, -0.15) is 0 Å². The van der Waals surface area contributed by atoms with Crippen molar-refractivity contribution in [1.29, 1.82) is 0 Å². The quantitative estimate of drug-likeness (QED) is 0.469. The second kappa shape index (κ2) is 9.12. The minimum absolute atomic E-state index is 0. The van der Waals surface area contributed by atoms with Gasteiger partial charge in [-0.25, -0.2) is 9.38 Å². The van der Waals surface area contributed by atoms with Gasteiger partial charge in [-0.1, -0.05) is 26.0 Å². The van der Waals surface area contributed by atoms with E-state index in [4.69, 9.17) is 5.73 Å². The lowest BCUT2D eigenvalue weighted by Crippen LogP contribution is -2.32. The van der Waals surface area contributed by atoms with Crippen molar-refractivity contribution in [3.05, 3.63) is 35.1 Å². The average Bonchev–Trinajstić information content (AvgIpc) is 2.30. The highest BCUT2D eigenvalue weighted by atomic mass is 127. The zero-order valence-electron chi connectivity index (χ0n) is 11.7. The molecule has 1 rings (SSSR count). The van der Waals surface area contributed by atoms with Crippen LogP contribution in [0.3, 0.4) is 0 Å². The van der Waals surface area contributed by atoms with Crippen LogP contribution in [0.25, 0.3) is 0 Å². The molecule has 0 amide bonds. The normalized spacial score (nSPS) is 11.3. The van der Waals surface area contributed by atoms with Crippen LogP contribution in [0.1, 0.15) is 31.4 Å². The molecule has 5 heteroatoms. The Morgan fingerprint density at radius 2 is 2.11 bits per heavy atom. The fourth-order valence-corrected chi connectivity index (χ4v) is 1.46. The summed E-state index contributed by atoms with van der Waals surface area (Å²) in [6.07, 6.45) is 1.05. The van der Waals surface area contributed by atoms with Crippen molar-refractivity contribution in [3.8, 4) is 0 Å². The summed E-state index contributed by atoms with van der Waals surface area (Å²) in [6.45, 7) is 7.27. The predicted molar refractivity (Wildman–Crippen MR) is 89.3 cm³/mol. The number of hydrogen-bond acceptors (Lipinski definition) is 1. The van der Waals surface area contributed by atoms with Crippen LogP contribution in [-0.2, 0) is 6.54 Å². The fraction of sp³-hybridized carbons (Fsp3) is 0.500. The van der Waals surface area contributed by atoms with Crippen LogP contribution in [0, 0.1) is 18.7 Å². The molecule has 0 atom stereocenters. The van der Waals surface area contributed by atoms with Gasteiger partial charge in [-0.05, 0) is 36.5 Å². The van der Waals surface area contributed by atoms with Crippen LogP contribution in [0.4, 0.5) is 4.39 Å². The smallest absolute Gasteiger partial charge is 0.188 e. The minimum atomic E-state index is -0.200. The number of guanidine groups is 1. The van der Waals surface area contributed by atoms with Crippen molar-refractivity contribution in [3.63, 3.8) is 0 Å². The van der Waals surface area contributed by atoms with Crippen molar-refractivity contribution in [2.45, 2.75) is 33.7 Å². The van der Waals surface area contributed by atoms with Crippen molar-refractivity contribution < 1.29 is 4.39 Å². The summed E-state index contributed by atoms with van der Waals surface area (Å²) >= 11 is 0. The molecule has 3 nitrogen and oxygen atoms in total. The SMILES string of the molecule is Cc1ccc(CN=C(N)NCCC(C)C)cc1F.I. The van der Waals surface area contributed by atoms with Gasteiger partial charge in [0.1, 0.15) is 5.82 Å². The average molecular weight is 379 g/mol. The predicted octanol–water partition coefficient (Wildman–Crippen LogP) is 3.20. The lowest BCUT2D eigenvalue weighted by molar-refractivity contribution is 0.576. The topological polar surface area (TPSA) is 50.4 Å². The number of nitrogens with zero attached hydrogens (tertiary/aromatic N) is 1. The van der Waals surface area contributed by atoms with Crippen LogP contribution >= 0.6 is 24.0 Å². The summed E-state index contributed by atoms with van der Waals surface area (Å²) in [6, 6.07) is 5.12. The summed E-state index contributed by atoms with van der Waals surface area (Å²) < 4.78 is 13.3. The van der Waals surface area contributed by atoms with Gasteiger partial charge in [0.25, 0.3) is 0 Å². The summed E-state index contributed by atoms with van der Waals surface area (Å²) in [5.74, 6) is 0.849. The van der Waals surface area contributed by atoms with Gasteiger partial charge in [0, 0.05) is 6.54 Å². The second-order valence-electron chi connectivity index (χ2n) is 4.89. The Morgan fingerprint density at radius 1 is 1.42 bits per heavy atom. The number of benzene rings is 1. The van der Waals surface area contributed by atoms with Gasteiger partial charge in [0.05, 0.1) is 6.54 Å². The molecule has 0 saturated carbocycles. The van der Waals surface area contributed by atoms with E-state index >= 15 is 0 Å². The maximum Gasteiger partial charge on any atom is 0.188 e. The Hall–Kier alpha value is -0.850. The number of halogens is 2. The van der Waals surface area contributed by atoms with E-state index in [0.29, 0.717) is 24.0 Å². The zero-order chi connectivity index (χ0) is 13.5. The molecule has 19 heavy (non-hydrogen) atoms. The molecule has 0 fully saturated rings. The minimum Gasteiger partial charge on any atom is -0.370 e. The summed E-state index contributed by atoms with van der Waals surface area (Å²) in [5, 5.41) is 3.04. The van der Waals surface area contributed by atoms with Crippen LogP contribution in [0.2, 0.25) is 0 Å². The van der Waals surface area contributed by atoms with E-state index in [1.807, 2.05) is 6.07 Å². The highest BCUT2D eigenvalue weighted by Gasteiger charge is 1.99. The lowest BCUT2D eigenvalue weighted by atomic mass is 10.1. The molecule has 0 bridgehead atoms. The molecule has 108 valence electrons. The van der Waals surface area contributed by atoms with Crippen molar-refractivity contribution >= 4 is 29.9 Å². The monoisotopic (exact) mass is 379 g/mol. The van der Waals surface area contributed by atoms with Crippen molar-refractivity contribution in [2.75, 3.05) is 6.54 Å². The molecule has 0 saturated heterocycles. The van der Waals surface area contributed by atoms with E-state index in [1.165, 1.54) is 6.07 Å². The van der Waals surface area contributed by atoms with E-state index < -0.39 is 0 Å². The van der Waals surface area contributed by atoms with Gasteiger partial charge in [-0.15, -0.1) is 24.0 Å². The second-order valence-corrected chi connectivity index (χ2v) is 4.89. The Morgan fingerprint density at radius 3 is 2.68 bits per heavy atom. The Labute approximate surface area is 131 Å². The first kappa shape index (κ1) is 18.1. The van der Waals surface area contributed by atoms with Crippen molar-refractivity contribution in [2.24, 2.45) is 16.6 Å². The number of aliphatic imine (C=N–C) groups is 1. The molecule has 0 radical (unpaired) electrons. The third-order valence-corrected chi connectivity index (χ3v) is 2.70. The standard InChI is InChI=1S/C14H22FN3.HI/c1-10(2)6-7-17-14(16)18-9-12-5-4-11(3)13(15)8-12;/h4-5,8,10H,6-7,9H2,1-3H3,(H3,16,17,18);1H.